The van der Waals surface area contributed by atoms with Gasteiger partial charge >= 0.3 is 0 Å². The standard InChI is InChI=1S/C18H13NO4/c20-14-6-4-10-11(17(14)21)5-7-15-16(10)18(22)12(9-23-15)13-3-1-2-8-19-13/h1-8,12,20-21H,9H2. The summed E-state index contributed by atoms with van der Waals surface area (Å²) in [6, 6.07) is 11.7. The Hall–Kier alpha value is -3.08. The maximum Gasteiger partial charge on any atom is 0.179 e. The van der Waals surface area contributed by atoms with Gasteiger partial charge in [0.2, 0.25) is 0 Å². The molecule has 3 aromatic rings. The number of ether oxygens (including phenoxy) is 1. The molecule has 5 heteroatoms. The molecule has 1 aliphatic rings. The third kappa shape index (κ3) is 2.01. The predicted octanol–water partition coefficient (Wildman–Crippen LogP) is 3.00. The molecule has 1 atom stereocenters. The maximum atomic E-state index is 13.0. The van der Waals surface area contributed by atoms with Gasteiger partial charge in [0.05, 0.1) is 17.2 Å². The van der Waals surface area contributed by atoms with E-state index in [4.69, 9.17) is 4.74 Å². The first kappa shape index (κ1) is 13.6. The van der Waals surface area contributed by atoms with Crippen molar-refractivity contribution in [2.45, 2.75) is 5.92 Å². The van der Waals surface area contributed by atoms with Crippen molar-refractivity contribution >= 4 is 16.6 Å². The van der Waals surface area contributed by atoms with Gasteiger partial charge in [-0.05, 0) is 36.4 Å². The van der Waals surface area contributed by atoms with Gasteiger partial charge in [-0.15, -0.1) is 0 Å². The van der Waals surface area contributed by atoms with Gasteiger partial charge in [-0.1, -0.05) is 6.07 Å². The van der Waals surface area contributed by atoms with Gasteiger partial charge in [-0.2, -0.15) is 0 Å². The number of carbonyl (C=O) groups is 1. The number of aromatic nitrogens is 1. The van der Waals surface area contributed by atoms with E-state index in [0.29, 0.717) is 27.8 Å². The Bertz CT molecular complexity index is 921. The summed E-state index contributed by atoms with van der Waals surface area (Å²) < 4.78 is 5.73. The summed E-state index contributed by atoms with van der Waals surface area (Å²) in [6.07, 6.45) is 1.64. The van der Waals surface area contributed by atoms with Crippen LogP contribution in [-0.2, 0) is 0 Å². The molecule has 23 heavy (non-hydrogen) atoms. The molecular formula is C18H13NO4. The number of benzene rings is 2. The molecule has 2 N–H and O–H groups in total. The Morgan fingerprint density at radius 3 is 2.65 bits per heavy atom. The molecule has 5 nitrogen and oxygen atoms in total. The second-order valence-corrected chi connectivity index (χ2v) is 5.45. The van der Waals surface area contributed by atoms with Crippen molar-refractivity contribution in [2.75, 3.05) is 6.61 Å². The lowest BCUT2D eigenvalue weighted by atomic mass is 9.88. The largest absolute Gasteiger partial charge is 0.504 e. The van der Waals surface area contributed by atoms with Gasteiger partial charge in [0.1, 0.15) is 12.4 Å². The first-order valence-electron chi connectivity index (χ1n) is 7.22. The lowest BCUT2D eigenvalue weighted by Crippen LogP contribution is -2.27. The number of phenolic OH excluding ortho intramolecular Hbond substituents is 2. The maximum absolute atomic E-state index is 13.0. The number of phenols is 2. The van der Waals surface area contributed by atoms with Gasteiger partial charge in [-0.3, -0.25) is 9.78 Å². The number of ketones is 1. The molecule has 2 aromatic carbocycles. The zero-order valence-electron chi connectivity index (χ0n) is 12.1. The second kappa shape index (κ2) is 4.98. The van der Waals surface area contributed by atoms with Gasteiger partial charge in [0.15, 0.2) is 17.3 Å². The average Bonchev–Trinajstić information content (AvgIpc) is 2.59. The summed E-state index contributed by atoms with van der Waals surface area (Å²) in [4.78, 5) is 17.2. The van der Waals surface area contributed by atoms with Gasteiger partial charge in [0, 0.05) is 17.0 Å². The topological polar surface area (TPSA) is 79.7 Å². The van der Waals surface area contributed by atoms with Crippen LogP contribution in [0.2, 0.25) is 0 Å². The first-order chi connectivity index (χ1) is 11.2. The molecule has 1 unspecified atom stereocenters. The molecule has 0 saturated carbocycles. The molecule has 1 aromatic heterocycles. The minimum atomic E-state index is -0.481. The Labute approximate surface area is 131 Å². The van der Waals surface area contributed by atoms with Gasteiger partial charge in [-0.25, -0.2) is 0 Å². The molecule has 0 aliphatic carbocycles. The third-order valence-corrected chi connectivity index (χ3v) is 4.13. The summed E-state index contributed by atoms with van der Waals surface area (Å²) in [7, 11) is 0. The fraction of sp³-hybridized carbons (Fsp3) is 0.111. The molecule has 0 radical (unpaired) electrons. The first-order valence-corrected chi connectivity index (χ1v) is 7.22. The van der Waals surface area contributed by atoms with Crippen molar-refractivity contribution in [1.82, 2.24) is 4.98 Å². The van der Waals surface area contributed by atoms with Crippen LogP contribution in [0.1, 0.15) is 22.0 Å². The number of pyridine rings is 1. The van der Waals surface area contributed by atoms with Crippen LogP contribution in [-0.4, -0.2) is 27.6 Å². The number of fused-ring (bicyclic) bond motifs is 3. The van der Waals surface area contributed by atoms with Crippen molar-refractivity contribution in [3.63, 3.8) is 0 Å². The monoisotopic (exact) mass is 307 g/mol. The summed E-state index contributed by atoms with van der Waals surface area (Å²) in [6.45, 7) is 0.235. The number of nitrogens with zero attached hydrogens (tertiary/aromatic N) is 1. The van der Waals surface area contributed by atoms with Gasteiger partial charge in [0.25, 0.3) is 0 Å². The summed E-state index contributed by atoms with van der Waals surface area (Å²) >= 11 is 0. The van der Waals surface area contributed by atoms with Crippen LogP contribution in [0.5, 0.6) is 17.2 Å². The Kier molecular flexibility index (Phi) is 2.94. The highest BCUT2D eigenvalue weighted by atomic mass is 16.5. The van der Waals surface area contributed by atoms with E-state index in [9.17, 15) is 15.0 Å². The number of rotatable bonds is 1. The SMILES string of the molecule is O=C1c2c(ccc3c(O)c(O)ccc23)OCC1c1ccccn1. The fourth-order valence-electron chi connectivity index (χ4n) is 2.96. The van der Waals surface area contributed by atoms with Crippen LogP contribution >= 0.6 is 0 Å². The lowest BCUT2D eigenvalue weighted by molar-refractivity contribution is 0.0896. The van der Waals surface area contributed by atoms with Crippen LogP contribution < -0.4 is 4.74 Å². The normalized spacial score (nSPS) is 16.9. The van der Waals surface area contributed by atoms with E-state index in [0.717, 1.165) is 0 Å². The predicted molar refractivity (Wildman–Crippen MR) is 84.1 cm³/mol. The van der Waals surface area contributed by atoms with Crippen LogP contribution in [0.3, 0.4) is 0 Å². The zero-order chi connectivity index (χ0) is 16.0. The van der Waals surface area contributed by atoms with Crippen molar-refractivity contribution in [2.24, 2.45) is 0 Å². The molecule has 114 valence electrons. The lowest BCUT2D eigenvalue weighted by Gasteiger charge is -2.25. The Morgan fingerprint density at radius 1 is 1.04 bits per heavy atom. The molecule has 0 amide bonds. The quantitative estimate of drug-likeness (QED) is 0.676. The number of hydrogen-bond donors (Lipinski definition) is 2. The number of hydrogen-bond acceptors (Lipinski definition) is 5. The Balaban J connectivity index is 1.92. The summed E-state index contributed by atoms with van der Waals surface area (Å²) in [5.74, 6) is -0.549. The van der Waals surface area contributed by atoms with Crippen LogP contribution in [0.4, 0.5) is 0 Å². The van der Waals surface area contributed by atoms with Crippen molar-refractivity contribution in [3.8, 4) is 17.2 Å². The van der Waals surface area contributed by atoms with Crippen LogP contribution in [0.25, 0.3) is 10.8 Å². The smallest absolute Gasteiger partial charge is 0.179 e. The number of aromatic hydroxyl groups is 2. The number of carbonyl (C=O) groups excluding carboxylic acids is 1. The molecule has 0 fully saturated rings. The minimum Gasteiger partial charge on any atom is -0.504 e. The second-order valence-electron chi connectivity index (χ2n) is 5.45. The van der Waals surface area contributed by atoms with Crippen molar-refractivity contribution in [3.05, 3.63) is 59.9 Å². The molecule has 1 aliphatic heterocycles. The molecule has 0 saturated heterocycles. The summed E-state index contributed by atoms with van der Waals surface area (Å²) in [5.41, 5.74) is 1.07. The van der Waals surface area contributed by atoms with Gasteiger partial charge < -0.3 is 14.9 Å². The van der Waals surface area contributed by atoms with E-state index in [2.05, 4.69) is 4.98 Å². The molecule has 0 spiro atoms. The molecule has 0 bridgehead atoms. The fourth-order valence-corrected chi connectivity index (χ4v) is 2.96. The van der Waals surface area contributed by atoms with Crippen molar-refractivity contribution < 1.29 is 19.7 Å². The van der Waals surface area contributed by atoms with E-state index in [-0.39, 0.29) is 23.9 Å². The summed E-state index contributed by atoms with van der Waals surface area (Å²) in [5, 5.41) is 20.6. The van der Waals surface area contributed by atoms with Crippen LogP contribution in [0.15, 0.2) is 48.7 Å². The highest BCUT2D eigenvalue weighted by molar-refractivity contribution is 6.15. The Morgan fingerprint density at radius 2 is 1.87 bits per heavy atom. The van der Waals surface area contributed by atoms with E-state index in [1.165, 1.54) is 6.07 Å². The minimum absolute atomic E-state index is 0.0966. The highest BCUT2D eigenvalue weighted by Crippen LogP contribution is 2.41. The van der Waals surface area contributed by atoms with E-state index >= 15 is 0 Å². The average molecular weight is 307 g/mol. The zero-order valence-corrected chi connectivity index (χ0v) is 12.1. The molecule has 2 heterocycles. The molecular weight excluding hydrogens is 294 g/mol. The highest BCUT2D eigenvalue weighted by Gasteiger charge is 2.32. The van der Waals surface area contributed by atoms with Crippen LogP contribution in [0, 0.1) is 0 Å². The number of Topliss-reactive ketones (excluding diaryl/α,β-unsaturated/α-hetero) is 1. The van der Waals surface area contributed by atoms with E-state index in [1.807, 2.05) is 6.07 Å². The third-order valence-electron chi connectivity index (χ3n) is 4.13. The molecule has 4 rings (SSSR count). The van der Waals surface area contributed by atoms with E-state index in [1.54, 1.807) is 36.5 Å². The van der Waals surface area contributed by atoms with E-state index < -0.39 is 5.92 Å². The van der Waals surface area contributed by atoms with Crippen molar-refractivity contribution in [1.29, 1.82) is 0 Å².